The van der Waals surface area contributed by atoms with Gasteiger partial charge in [0.05, 0.1) is 4.90 Å². The lowest BCUT2D eigenvalue weighted by molar-refractivity contribution is 0.581. The van der Waals surface area contributed by atoms with Gasteiger partial charge in [-0.25, -0.2) is 13.1 Å². The fourth-order valence-electron chi connectivity index (χ4n) is 1.95. The van der Waals surface area contributed by atoms with Crippen LogP contribution in [0.3, 0.4) is 0 Å². The maximum absolute atomic E-state index is 12.4. The van der Waals surface area contributed by atoms with Crippen LogP contribution in [0.5, 0.6) is 0 Å². The number of thiophene rings is 2. The highest BCUT2D eigenvalue weighted by atomic mass is 32.2. The van der Waals surface area contributed by atoms with Crippen LogP contribution < -0.4 is 10.0 Å². The molecule has 0 saturated carbocycles. The predicted molar refractivity (Wildman–Crippen MR) is 89.5 cm³/mol. The van der Waals surface area contributed by atoms with Crippen molar-refractivity contribution < 1.29 is 8.42 Å². The highest BCUT2D eigenvalue weighted by Crippen LogP contribution is 2.26. The summed E-state index contributed by atoms with van der Waals surface area (Å²) in [7, 11) is -3.44. The average molecular weight is 345 g/mol. The van der Waals surface area contributed by atoms with E-state index >= 15 is 0 Å². The van der Waals surface area contributed by atoms with Gasteiger partial charge in [-0.1, -0.05) is 6.92 Å². The lowest BCUT2D eigenvalue weighted by atomic mass is 10.4. The van der Waals surface area contributed by atoms with E-state index < -0.39 is 10.0 Å². The van der Waals surface area contributed by atoms with E-state index in [1.165, 1.54) is 16.2 Å². The van der Waals surface area contributed by atoms with Crippen LogP contribution in [0, 0.1) is 13.8 Å². The number of hydrogen-bond acceptors (Lipinski definition) is 5. The molecule has 116 valence electrons. The Morgan fingerprint density at radius 2 is 1.86 bits per heavy atom. The van der Waals surface area contributed by atoms with Gasteiger partial charge in [0.25, 0.3) is 0 Å². The van der Waals surface area contributed by atoms with E-state index in [2.05, 4.69) is 10.0 Å². The van der Waals surface area contributed by atoms with Gasteiger partial charge in [-0.2, -0.15) is 0 Å². The van der Waals surface area contributed by atoms with Crippen molar-refractivity contribution in [3.63, 3.8) is 0 Å². The zero-order chi connectivity index (χ0) is 15.5. The predicted octanol–water partition coefficient (Wildman–Crippen LogP) is 3.01. The molecule has 0 atom stereocenters. The molecule has 4 nitrogen and oxygen atoms in total. The Labute approximate surface area is 134 Å². The fraction of sp³-hybridized carbons (Fsp3) is 0.429. The molecule has 0 aliphatic heterocycles. The molecule has 2 rings (SSSR count). The average Bonchev–Trinajstić information content (AvgIpc) is 3.00. The molecule has 21 heavy (non-hydrogen) atoms. The summed E-state index contributed by atoms with van der Waals surface area (Å²) in [4.78, 5) is 4.48. The van der Waals surface area contributed by atoms with Crippen molar-refractivity contribution in [1.82, 2.24) is 10.0 Å². The van der Waals surface area contributed by atoms with Gasteiger partial charge in [0, 0.05) is 32.6 Å². The zero-order valence-corrected chi connectivity index (χ0v) is 14.8. The molecule has 7 heteroatoms. The largest absolute Gasteiger partial charge is 0.312 e. The summed E-state index contributed by atoms with van der Waals surface area (Å²) in [6, 6.07) is 5.73. The molecule has 0 aromatic carbocycles. The molecular weight excluding hydrogens is 324 g/mol. The minimum Gasteiger partial charge on any atom is -0.312 e. The van der Waals surface area contributed by atoms with Crippen LogP contribution in [0.4, 0.5) is 0 Å². The summed E-state index contributed by atoms with van der Waals surface area (Å²) < 4.78 is 27.5. The quantitative estimate of drug-likeness (QED) is 0.812. The minimum atomic E-state index is -3.44. The number of rotatable bonds is 7. The smallest absolute Gasteiger partial charge is 0.242 e. The third kappa shape index (κ3) is 4.37. The van der Waals surface area contributed by atoms with E-state index in [1.54, 1.807) is 17.4 Å². The van der Waals surface area contributed by atoms with Gasteiger partial charge in [-0.05, 0) is 38.6 Å². The van der Waals surface area contributed by atoms with Crippen LogP contribution in [-0.4, -0.2) is 15.0 Å². The Kier molecular flexibility index (Phi) is 5.56. The standard InChI is InChI=1S/C14H20N2O2S3/c1-4-15-8-13-7-14(11(3)20-13)21(17,18)16-9-12-6-5-10(2)19-12/h5-7,15-16H,4,8-9H2,1-3H3. The second-order valence-electron chi connectivity index (χ2n) is 4.75. The molecule has 0 aliphatic rings. The SMILES string of the molecule is CCNCc1cc(S(=O)(=O)NCc2ccc(C)s2)c(C)s1. The molecule has 0 fully saturated rings. The molecular formula is C14H20N2O2S3. The van der Waals surface area contributed by atoms with Crippen molar-refractivity contribution in [2.24, 2.45) is 0 Å². The second-order valence-corrected chi connectivity index (χ2v) is 9.20. The van der Waals surface area contributed by atoms with Crippen LogP contribution in [-0.2, 0) is 23.1 Å². The van der Waals surface area contributed by atoms with Gasteiger partial charge in [0.1, 0.15) is 0 Å². The third-order valence-electron chi connectivity index (χ3n) is 2.99. The summed E-state index contributed by atoms with van der Waals surface area (Å²) in [5.41, 5.74) is 0. The van der Waals surface area contributed by atoms with Crippen molar-refractivity contribution in [3.8, 4) is 0 Å². The summed E-state index contributed by atoms with van der Waals surface area (Å²) in [5.74, 6) is 0. The van der Waals surface area contributed by atoms with Crippen molar-refractivity contribution in [2.75, 3.05) is 6.54 Å². The summed E-state index contributed by atoms with van der Waals surface area (Å²) in [5, 5.41) is 3.21. The third-order valence-corrected chi connectivity index (χ3v) is 6.70. The zero-order valence-electron chi connectivity index (χ0n) is 12.4. The second kappa shape index (κ2) is 7.02. The van der Waals surface area contributed by atoms with Gasteiger partial charge in [-0.15, -0.1) is 22.7 Å². The number of hydrogen-bond donors (Lipinski definition) is 2. The summed E-state index contributed by atoms with van der Waals surface area (Å²) in [6.07, 6.45) is 0. The van der Waals surface area contributed by atoms with Gasteiger partial charge in [0.15, 0.2) is 0 Å². The maximum Gasteiger partial charge on any atom is 0.242 e. The van der Waals surface area contributed by atoms with Gasteiger partial charge < -0.3 is 5.32 Å². The summed E-state index contributed by atoms with van der Waals surface area (Å²) >= 11 is 3.14. The Balaban J connectivity index is 2.09. The number of nitrogens with one attached hydrogen (secondary N) is 2. The minimum absolute atomic E-state index is 0.346. The lowest BCUT2D eigenvalue weighted by Gasteiger charge is -2.04. The van der Waals surface area contributed by atoms with Crippen LogP contribution in [0.25, 0.3) is 0 Å². The molecule has 0 radical (unpaired) electrons. The van der Waals surface area contributed by atoms with Crippen LogP contribution >= 0.6 is 22.7 Å². The van der Waals surface area contributed by atoms with Crippen molar-refractivity contribution in [3.05, 3.63) is 37.7 Å². The first-order valence-corrected chi connectivity index (χ1v) is 9.89. The van der Waals surface area contributed by atoms with E-state index in [0.717, 1.165) is 21.2 Å². The first-order valence-electron chi connectivity index (χ1n) is 6.77. The fourth-order valence-corrected chi connectivity index (χ4v) is 5.48. The maximum atomic E-state index is 12.4. The van der Waals surface area contributed by atoms with Crippen molar-refractivity contribution in [2.45, 2.75) is 38.8 Å². The Hall–Kier alpha value is -0.730. The monoisotopic (exact) mass is 344 g/mol. The molecule has 0 saturated heterocycles. The molecule has 2 aromatic rings. The Bertz CT molecular complexity index is 702. The van der Waals surface area contributed by atoms with Crippen LogP contribution in [0.1, 0.15) is 26.4 Å². The van der Waals surface area contributed by atoms with Crippen LogP contribution in [0.15, 0.2) is 23.1 Å². The molecule has 2 N–H and O–H groups in total. The molecule has 0 amide bonds. The van der Waals surface area contributed by atoms with E-state index in [1.807, 2.05) is 32.9 Å². The topological polar surface area (TPSA) is 58.2 Å². The Morgan fingerprint density at radius 1 is 1.10 bits per heavy atom. The first kappa shape index (κ1) is 16.6. The van der Waals surface area contributed by atoms with E-state index in [4.69, 9.17) is 0 Å². The van der Waals surface area contributed by atoms with Gasteiger partial charge >= 0.3 is 0 Å². The summed E-state index contributed by atoms with van der Waals surface area (Å²) in [6.45, 7) is 7.82. The van der Waals surface area contributed by atoms with Crippen molar-refractivity contribution >= 4 is 32.7 Å². The van der Waals surface area contributed by atoms with Crippen LogP contribution in [0.2, 0.25) is 0 Å². The Morgan fingerprint density at radius 3 is 2.48 bits per heavy atom. The van der Waals surface area contributed by atoms with Gasteiger partial charge in [0.2, 0.25) is 10.0 Å². The molecule has 0 bridgehead atoms. The first-order chi connectivity index (χ1) is 9.92. The van der Waals surface area contributed by atoms with E-state index in [9.17, 15) is 8.42 Å². The lowest BCUT2D eigenvalue weighted by Crippen LogP contribution is -2.23. The van der Waals surface area contributed by atoms with Gasteiger partial charge in [-0.3, -0.25) is 0 Å². The molecule has 0 aliphatic carbocycles. The highest BCUT2D eigenvalue weighted by Gasteiger charge is 2.19. The normalized spacial score (nSPS) is 12.0. The van der Waals surface area contributed by atoms with E-state index in [0.29, 0.717) is 18.0 Å². The molecule has 2 heterocycles. The molecule has 0 unspecified atom stereocenters. The molecule has 0 spiro atoms. The molecule has 2 aromatic heterocycles. The number of sulfonamides is 1. The highest BCUT2D eigenvalue weighted by molar-refractivity contribution is 7.89. The van der Waals surface area contributed by atoms with E-state index in [-0.39, 0.29) is 0 Å². The number of aryl methyl sites for hydroxylation is 2. The van der Waals surface area contributed by atoms with Crippen molar-refractivity contribution in [1.29, 1.82) is 0 Å².